The van der Waals surface area contributed by atoms with E-state index in [9.17, 15) is 9.59 Å². The number of nitrogens with zero attached hydrogens (tertiary/aromatic N) is 4. The number of carbonyl (C=O) groups excluding carboxylic acids is 1. The normalized spacial score (nSPS) is 10.9. The molecule has 2 aromatic carbocycles. The van der Waals surface area contributed by atoms with Gasteiger partial charge in [0.25, 0.3) is 5.56 Å². The van der Waals surface area contributed by atoms with Gasteiger partial charge in [-0.15, -0.1) is 0 Å². The number of benzene rings is 2. The van der Waals surface area contributed by atoms with Gasteiger partial charge in [0, 0.05) is 10.2 Å². The van der Waals surface area contributed by atoms with E-state index in [4.69, 9.17) is 0 Å². The van der Waals surface area contributed by atoms with Gasteiger partial charge in [-0.2, -0.15) is 5.10 Å². The van der Waals surface area contributed by atoms with Crippen LogP contribution >= 0.6 is 15.9 Å². The van der Waals surface area contributed by atoms with Gasteiger partial charge >= 0.3 is 0 Å². The molecule has 0 aliphatic rings. The Morgan fingerprint density at radius 2 is 1.82 bits per heavy atom. The molecule has 28 heavy (non-hydrogen) atoms. The number of aromatic nitrogens is 4. The van der Waals surface area contributed by atoms with Gasteiger partial charge in [0.1, 0.15) is 18.3 Å². The molecular weight excluding hydrogens is 422 g/mol. The number of amides is 1. The Labute approximate surface area is 168 Å². The Balaban J connectivity index is 1.60. The van der Waals surface area contributed by atoms with Gasteiger partial charge in [-0.3, -0.25) is 14.2 Å². The van der Waals surface area contributed by atoms with E-state index < -0.39 is 0 Å². The lowest BCUT2D eigenvalue weighted by molar-refractivity contribution is -0.116. The third-order valence-corrected chi connectivity index (χ3v) is 4.80. The summed E-state index contributed by atoms with van der Waals surface area (Å²) >= 11 is 3.35. The van der Waals surface area contributed by atoms with Crippen LogP contribution in [0.4, 0.5) is 5.69 Å². The molecule has 8 heteroatoms. The summed E-state index contributed by atoms with van der Waals surface area (Å²) < 4.78 is 3.81. The highest BCUT2D eigenvalue weighted by atomic mass is 79.9. The Hall–Kier alpha value is -3.26. The van der Waals surface area contributed by atoms with E-state index in [2.05, 4.69) is 31.3 Å². The summed E-state index contributed by atoms with van der Waals surface area (Å²) in [5, 5.41) is 7.41. The van der Waals surface area contributed by atoms with Crippen LogP contribution in [-0.2, 0) is 11.3 Å². The fraction of sp³-hybridized carbons (Fsp3) is 0.100. The summed E-state index contributed by atoms with van der Waals surface area (Å²) in [6, 6.07) is 15.0. The Kier molecular flexibility index (Phi) is 4.79. The van der Waals surface area contributed by atoms with Crippen molar-refractivity contribution in [2.45, 2.75) is 13.5 Å². The SMILES string of the molecule is Cc1ccc(-n2ncc3c(=O)n(CC(=O)Nc4ccc(Br)cc4)cnc32)cc1. The van der Waals surface area contributed by atoms with Crippen molar-refractivity contribution < 1.29 is 4.79 Å². The first-order valence-electron chi connectivity index (χ1n) is 8.57. The fourth-order valence-corrected chi connectivity index (χ4v) is 3.09. The maximum Gasteiger partial charge on any atom is 0.264 e. The molecule has 0 aliphatic heterocycles. The van der Waals surface area contributed by atoms with E-state index in [1.807, 2.05) is 43.3 Å². The zero-order valence-electron chi connectivity index (χ0n) is 15.0. The summed E-state index contributed by atoms with van der Waals surface area (Å²) in [4.78, 5) is 29.4. The Bertz CT molecular complexity index is 1210. The van der Waals surface area contributed by atoms with Crippen LogP contribution in [0.5, 0.6) is 0 Å². The van der Waals surface area contributed by atoms with E-state index in [1.54, 1.807) is 16.8 Å². The van der Waals surface area contributed by atoms with Crippen molar-refractivity contribution in [3.05, 3.63) is 81.4 Å². The Morgan fingerprint density at radius 1 is 1.11 bits per heavy atom. The van der Waals surface area contributed by atoms with Gasteiger partial charge in [-0.1, -0.05) is 33.6 Å². The van der Waals surface area contributed by atoms with Crippen molar-refractivity contribution in [3.63, 3.8) is 0 Å². The second-order valence-corrected chi connectivity index (χ2v) is 7.28. The predicted molar refractivity (Wildman–Crippen MR) is 111 cm³/mol. The van der Waals surface area contributed by atoms with E-state index in [0.29, 0.717) is 16.7 Å². The van der Waals surface area contributed by atoms with Crippen molar-refractivity contribution >= 4 is 38.6 Å². The third-order valence-electron chi connectivity index (χ3n) is 4.27. The van der Waals surface area contributed by atoms with Crippen molar-refractivity contribution in [2.24, 2.45) is 0 Å². The van der Waals surface area contributed by atoms with E-state index in [1.165, 1.54) is 17.1 Å². The first-order chi connectivity index (χ1) is 13.5. The molecule has 0 atom stereocenters. The van der Waals surface area contributed by atoms with E-state index >= 15 is 0 Å². The number of nitrogens with one attached hydrogen (secondary N) is 1. The van der Waals surface area contributed by atoms with Crippen molar-refractivity contribution in [1.82, 2.24) is 19.3 Å². The standard InChI is InChI=1S/C20H16BrN5O2/c1-13-2-8-16(9-3-13)26-19-17(10-23-26)20(28)25(12-22-19)11-18(27)24-15-6-4-14(21)5-7-15/h2-10,12H,11H2,1H3,(H,24,27). The molecule has 2 aromatic heterocycles. The topological polar surface area (TPSA) is 81.8 Å². The molecule has 0 bridgehead atoms. The predicted octanol–water partition coefficient (Wildman–Crippen LogP) is 3.29. The molecule has 1 amide bonds. The average molecular weight is 438 g/mol. The largest absolute Gasteiger partial charge is 0.325 e. The molecular formula is C20H16BrN5O2. The minimum absolute atomic E-state index is 0.131. The number of fused-ring (bicyclic) bond motifs is 1. The van der Waals surface area contributed by atoms with Crippen molar-refractivity contribution in [2.75, 3.05) is 5.32 Å². The molecule has 0 radical (unpaired) electrons. The molecule has 4 aromatic rings. The first kappa shape index (κ1) is 18.1. The summed E-state index contributed by atoms with van der Waals surface area (Å²) in [7, 11) is 0. The van der Waals surface area contributed by atoms with Crippen LogP contribution < -0.4 is 10.9 Å². The van der Waals surface area contributed by atoms with Crippen LogP contribution in [0, 0.1) is 6.92 Å². The monoisotopic (exact) mass is 437 g/mol. The lowest BCUT2D eigenvalue weighted by Gasteiger charge is -2.08. The van der Waals surface area contributed by atoms with Gasteiger partial charge in [-0.05, 0) is 43.3 Å². The minimum atomic E-state index is -0.311. The average Bonchev–Trinajstić information content (AvgIpc) is 3.11. The lowest BCUT2D eigenvalue weighted by atomic mass is 10.2. The van der Waals surface area contributed by atoms with Crippen LogP contribution in [0.2, 0.25) is 0 Å². The van der Waals surface area contributed by atoms with Crippen molar-refractivity contribution in [3.8, 4) is 5.69 Å². The zero-order chi connectivity index (χ0) is 19.7. The maximum atomic E-state index is 12.7. The highest BCUT2D eigenvalue weighted by Gasteiger charge is 2.13. The number of aryl methyl sites for hydroxylation is 1. The summed E-state index contributed by atoms with van der Waals surface area (Å²) in [6.07, 6.45) is 2.85. The number of hydrogen-bond donors (Lipinski definition) is 1. The summed E-state index contributed by atoms with van der Waals surface area (Å²) in [6.45, 7) is 1.87. The van der Waals surface area contributed by atoms with Crippen LogP contribution in [0.25, 0.3) is 16.7 Å². The zero-order valence-corrected chi connectivity index (χ0v) is 16.5. The first-order valence-corrected chi connectivity index (χ1v) is 9.36. The number of carbonyl (C=O) groups is 1. The molecule has 0 fully saturated rings. The van der Waals surface area contributed by atoms with Gasteiger partial charge in [0.15, 0.2) is 5.65 Å². The molecule has 140 valence electrons. The molecule has 1 N–H and O–H groups in total. The van der Waals surface area contributed by atoms with Crippen LogP contribution in [0.3, 0.4) is 0 Å². The Morgan fingerprint density at radius 3 is 2.54 bits per heavy atom. The van der Waals surface area contributed by atoms with Gasteiger partial charge < -0.3 is 5.32 Å². The van der Waals surface area contributed by atoms with E-state index in [0.717, 1.165) is 15.7 Å². The molecule has 0 spiro atoms. The van der Waals surface area contributed by atoms with Crippen molar-refractivity contribution in [1.29, 1.82) is 0 Å². The van der Waals surface area contributed by atoms with Crippen LogP contribution in [-0.4, -0.2) is 25.2 Å². The van der Waals surface area contributed by atoms with Gasteiger partial charge in [0.2, 0.25) is 5.91 Å². The molecule has 0 unspecified atom stereocenters. The second-order valence-electron chi connectivity index (χ2n) is 6.36. The highest BCUT2D eigenvalue weighted by Crippen LogP contribution is 2.15. The number of hydrogen-bond acceptors (Lipinski definition) is 4. The van der Waals surface area contributed by atoms with Gasteiger partial charge in [0.05, 0.1) is 11.9 Å². The second kappa shape index (κ2) is 7.40. The van der Waals surface area contributed by atoms with Gasteiger partial charge in [-0.25, -0.2) is 9.67 Å². The quantitative estimate of drug-likeness (QED) is 0.530. The summed E-state index contributed by atoms with van der Waals surface area (Å²) in [5.41, 5.74) is 2.75. The van der Waals surface area contributed by atoms with Crippen LogP contribution in [0.15, 0.2) is 70.3 Å². The number of anilines is 1. The lowest BCUT2D eigenvalue weighted by Crippen LogP contribution is -2.27. The molecule has 7 nitrogen and oxygen atoms in total. The molecule has 0 saturated carbocycles. The van der Waals surface area contributed by atoms with Crippen LogP contribution in [0.1, 0.15) is 5.56 Å². The third kappa shape index (κ3) is 3.59. The molecule has 0 aliphatic carbocycles. The highest BCUT2D eigenvalue weighted by molar-refractivity contribution is 9.10. The maximum absolute atomic E-state index is 12.7. The fourth-order valence-electron chi connectivity index (χ4n) is 2.82. The number of halogens is 1. The molecule has 2 heterocycles. The number of rotatable bonds is 4. The minimum Gasteiger partial charge on any atom is -0.325 e. The van der Waals surface area contributed by atoms with E-state index in [-0.39, 0.29) is 18.0 Å². The smallest absolute Gasteiger partial charge is 0.264 e. The summed E-state index contributed by atoms with van der Waals surface area (Å²) in [5.74, 6) is -0.309. The molecule has 0 saturated heterocycles. The molecule has 4 rings (SSSR count).